The van der Waals surface area contributed by atoms with Crippen LogP contribution in [0.25, 0.3) is 0 Å². The van der Waals surface area contributed by atoms with E-state index in [0.717, 1.165) is 55.2 Å². The lowest BCUT2D eigenvalue weighted by atomic mass is 9.92. The predicted octanol–water partition coefficient (Wildman–Crippen LogP) is 5.46. The lowest BCUT2D eigenvalue weighted by molar-refractivity contribution is -0.127. The second-order valence-corrected chi connectivity index (χ2v) is 9.08. The minimum absolute atomic E-state index is 0.0351. The van der Waals surface area contributed by atoms with Gasteiger partial charge >= 0.3 is 0 Å². The number of halogens is 1. The zero-order valence-corrected chi connectivity index (χ0v) is 19.0. The van der Waals surface area contributed by atoms with Gasteiger partial charge in [-0.15, -0.1) is 0 Å². The molecule has 0 saturated carbocycles. The van der Waals surface area contributed by atoms with Crippen LogP contribution >= 0.6 is 11.6 Å². The maximum Gasteiger partial charge on any atom is 0.223 e. The third kappa shape index (κ3) is 6.48. The summed E-state index contributed by atoms with van der Waals surface area (Å²) in [7, 11) is 1.67. The van der Waals surface area contributed by atoms with Crippen molar-refractivity contribution in [1.82, 2.24) is 10.2 Å². The van der Waals surface area contributed by atoms with Crippen molar-refractivity contribution < 1.29 is 9.53 Å². The highest BCUT2D eigenvalue weighted by Gasteiger charge is 2.27. The summed E-state index contributed by atoms with van der Waals surface area (Å²) < 4.78 is 5.27. The van der Waals surface area contributed by atoms with Gasteiger partial charge in [-0.3, -0.25) is 9.69 Å². The number of likely N-dealkylation sites (tertiary alicyclic amines) is 1. The molecule has 0 bridgehead atoms. The fraction of sp³-hybridized carbons (Fsp3) is 0.480. The number of nitrogens with one attached hydrogen (secondary N) is 1. The zero-order chi connectivity index (χ0) is 21.5. The van der Waals surface area contributed by atoms with Crippen molar-refractivity contribution in [3.63, 3.8) is 0 Å². The molecule has 162 valence electrons. The molecule has 1 aliphatic heterocycles. The first-order chi connectivity index (χ1) is 14.4. The molecule has 0 unspecified atom stereocenters. The van der Waals surface area contributed by atoms with E-state index in [0.29, 0.717) is 5.92 Å². The van der Waals surface area contributed by atoms with Crippen LogP contribution in [0.2, 0.25) is 5.02 Å². The largest absolute Gasteiger partial charge is 0.497 e. The van der Waals surface area contributed by atoms with Crippen molar-refractivity contribution in [2.24, 2.45) is 11.8 Å². The van der Waals surface area contributed by atoms with Crippen molar-refractivity contribution in [2.75, 3.05) is 20.2 Å². The molecule has 5 heteroatoms. The molecule has 1 atom stereocenters. The number of nitrogens with zero attached hydrogens (tertiary/aromatic N) is 1. The van der Waals surface area contributed by atoms with Gasteiger partial charge in [-0.1, -0.05) is 49.7 Å². The number of hydrogen-bond acceptors (Lipinski definition) is 3. The van der Waals surface area contributed by atoms with Crippen LogP contribution in [0.4, 0.5) is 0 Å². The van der Waals surface area contributed by atoms with Gasteiger partial charge in [0.05, 0.1) is 13.2 Å². The van der Waals surface area contributed by atoms with E-state index in [-0.39, 0.29) is 17.9 Å². The lowest BCUT2D eigenvalue weighted by Gasteiger charge is -2.32. The summed E-state index contributed by atoms with van der Waals surface area (Å²) in [6.07, 6.45) is 2.71. The Morgan fingerprint density at radius 2 is 1.87 bits per heavy atom. The molecule has 1 fully saturated rings. The Labute approximate surface area is 185 Å². The topological polar surface area (TPSA) is 41.6 Å². The minimum Gasteiger partial charge on any atom is -0.497 e. The number of ether oxygens (including phenoxy) is 1. The van der Waals surface area contributed by atoms with E-state index >= 15 is 0 Å². The van der Waals surface area contributed by atoms with Crippen LogP contribution in [-0.4, -0.2) is 31.0 Å². The van der Waals surface area contributed by atoms with E-state index in [1.54, 1.807) is 7.11 Å². The fourth-order valence-corrected chi connectivity index (χ4v) is 4.34. The van der Waals surface area contributed by atoms with Crippen molar-refractivity contribution >= 4 is 17.5 Å². The summed E-state index contributed by atoms with van der Waals surface area (Å²) in [6.45, 7) is 7.13. The maximum atomic E-state index is 13.0. The Hall–Kier alpha value is -2.04. The first-order valence-electron chi connectivity index (χ1n) is 10.9. The molecule has 0 aromatic heterocycles. The summed E-state index contributed by atoms with van der Waals surface area (Å²) in [5.41, 5.74) is 2.36. The van der Waals surface area contributed by atoms with Crippen LogP contribution in [0.5, 0.6) is 5.75 Å². The van der Waals surface area contributed by atoms with E-state index < -0.39 is 0 Å². The average Bonchev–Trinajstić information content (AvgIpc) is 2.73. The Bertz CT molecular complexity index is 814. The Kier molecular flexibility index (Phi) is 8.17. The number of amides is 1. The van der Waals surface area contributed by atoms with Crippen LogP contribution < -0.4 is 10.1 Å². The monoisotopic (exact) mass is 428 g/mol. The molecule has 0 radical (unpaired) electrons. The molecule has 1 amide bonds. The summed E-state index contributed by atoms with van der Waals surface area (Å²) in [4.78, 5) is 15.4. The third-order valence-electron chi connectivity index (χ3n) is 5.80. The molecular formula is C25H33ClN2O2. The van der Waals surface area contributed by atoms with Gasteiger partial charge in [0, 0.05) is 17.5 Å². The predicted molar refractivity (Wildman–Crippen MR) is 123 cm³/mol. The van der Waals surface area contributed by atoms with E-state index in [2.05, 4.69) is 42.3 Å². The van der Waals surface area contributed by atoms with Crippen molar-refractivity contribution in [3.8, 4) is 5.75 Å². The van der Waals surface area contributed by atoms with Gasteiger partial charge in [-0.2, -0.15) is 0 Å². The molecule has 1 N–H and O–H groups in total. The Morgan fingerprint density at radius 3 is 2.47 bits per heavy atom. The van der Waals surface area contributed by atoms with Crippen molar-refractivity contribution in [2.45, 2.75) is 45.7 Å². The van der Waals surface area contributed by atoms with Crippen LogP contribution in [0.3, 0.4) is 0 Å². The van der Waals surface area contributed by atoms with Crippen molar-refractivity contribution in [1.29, 1.82) is 0 Å². The molecule has 2 aromatic rings. The minimum atomic E-state index is 0.0351. The van der Waals surface area contributed by atoms with Gasteiger partial charge in [-0.05, 0) is 73.7 Å². The van der Waals surface area contributed by atoms with Gasteiger partial charge in [-0.25, -0.2) is 0 Å². The summed E-state index contributed by atoms with van der Waals surface area (Å²) >= 11 is 6.10. The van der Waals surface area contributed by atoms with E-state index in [1.807, 2.05) is 30.3 Å². The number of carbonyl (C=O) groups excluding carboxylic acids is 1. The van der Waals surface area contributed by atoms with E-state index in [4.69, 9.17) is 16.3 Å². The van der Waals surface area contributed by atoms with Gasteiger partial charge in [0.2, 0.25) is 5.91 Å². The van der Waals surface area contributed by atoms with Gasteiger partial charge in [0.1, 0.15) is 5.75 Å². The molecular weight excluding hydrogens is 396 g/mol. The highest BCUT2D eigenvalue weighted by molar-refractivity contribution is 6.30. The van der Waals surface area contributed by atoms with Crippen molar-refractivity contribution in [3.05, 3.63) is 64.7 Å². The SMILES string of the molecule is COc1ccc([C@H](CC(C)C)NC(=O)C2CCN(Cc3cccc(Cl)c3)CC2)cc1. The molecule has 3 rings (SSSR count). The number of methoxy groups -OCH3 is 1. The molecule has 1 saturated heterocycles. The Balaban J connectivity index is 1.55. The van der Waals surface area contributed by atoms with Crippen LogP contribution in [0.15, 0.2) is 48.5 Å². The van der Waals surface area contributed by atoms with E-state index in [1.165, 1.54) is 5.56 Å². The smallest absolute Gasteiger partial charge is 0.223 e. The molecule has 0 aliphatic carbocycles. The first-order valence-corrected chi connectivity index (χ1v) is 11.2. The quantitative estimate of drug-likeness (QED) is 0.606. The lowest BCUT2D eigenvalue weighted by Crippen LogP contribution is -2.41. The standard InChI is InChI=1S/C25H33ClN2O2/c1-18(2)15-24(20-7-9-23(30-3)10-8-20)27-25(29)21-11-13-28(14-12-21)17-19-5-4-6-22(26)16-19/h4-10,16,18,21,24H,11-15,17H2,1-3H3,(H,27,29)/t24-/m0/s1. The first kappa shape index (κ1) is 22.6. The summed E-state index contributed by atoms with van der Waals surface area (Å²) in [5.74, 6) is 1.59. The van der Waals surface area contributed by atoms with Crippen LogP contribution in [0, 0.1) is 11.8 Å². The highest BCUT2D eigenvalue weighted by Crippen LogP contribution is 2.26. The molecule has 30 heavy (non-hydrogen) atoms. The number of rotatable bonds is 8. The molecule has 1 aliphatic rings. The number of benzene rings is 2. The second kappa shape index (κ2) is 10.8. The molecule has 4 nitrogen and oxygen atoms in total. The molecule has 0 spiro atoms. The number of hydrogen-bond donors (Lipinski definition) is 1. The summed E-state index contributed by atoms with van der Waals surface area (Å²) in [5, 5.41) is 4.10. The zero-order valence-electron chi connectivity index (χ0n) is 18.2. The summed E-state index contributed by atoms with van der Waals surface area (Å²) in [6, 6.07) is 16.1. The van der Waals surface area contributed by atoms with Gasteiger partial charge < -0.3 is 10.1 Å². The maximum absolute atomic E-state index is 13.0. The molecule has 1 heterocycles. The Morgan fingerprint density at radius 1 is 1.17 bits per heavy atom. The van der Waals surface area contributed by atoms with Crippen LogP contribution in [-0.2, 0) is 11.3 Å². The third-order valence-corrected chi connectivity index (χ3v) is 6.03. The number of carbonyl (C=O) groups is 1. The van der Waals surface area contributed by atoms with Gasteiger partial charge in [0.25, 0.3) is 0 Å². The number of piperidine rings is 1. The average molecular weight is 429 g/mol. The second-order valence-electron chi connectivity index (χ2n) is 8.64. The fourth-order valence-electron chi connectivity index (χ4n) is 4.12. The van der Waals surface area contributed by atoms with Crippen LogP contribution in [0.1, 0.15) is 50.3 Å². The van der Waals surface area contributed by atoms with Gasteiger partial charge in [0.15, 0.2) is 0 Å². The highest BCUT2D eigenvalue weighted by atomic mass is 35.5. The molecule has 2 aromatic carbocycles. The normalized spacial score (nSPS) is 16.4. The van der Waals surface area contributed by atoms with E-state index in [9.17, 15) is 4.79 Å².